The Hall–Kier alpha value is -2.67. The number of para-hydroxylation sites is 1. The van der Waals surface area contributed by atoms with Crippen LogP contribution in [-0.4, -0.2) is 30.3 Å². The minimum atomic E-state index is -0.258. The van der Waals surface area contributed by atoms with Crippen LogP contribution in [-0.2, 0) is 7.05 Å². The highest BCUT2D eigenvalue weighted by Crippen LogP contribution is 2.29. The molecular weight excluding hydrogens is 318 g/mol. The number of aryl methyl sites for hydroxylation is 1. The molecule has 3 aromatic rings. The summed E-state index contributed by atoms with van der Waals surface area (Å²) >= 11 is 0. The van der Waals surface area contributed by atoms with Crippen LogP contribution in [0.1, 0.15) is 31.7 Å². The Labute approximate surface area is 145 Å². The lowest BCUT2D eigenvalue weighted by molar-refractivity contribution is 0.110. The van der Waals surface area contributed by atoms with E-state index < -0.39 is 0 Å². The molecule has 2 aromatic heterocycles. The molecule has 0 amide bonds. The molecule has 1 aliphatic carbocycles. The van der Waals surface area contributed by atoms with Gasteiger partial charge in [0, 0.05) is 18.8 Å². The number of anilines is 2. The van der Waals surface area contributed by atoms with E-state index in [1.54, 1.807) is 22.4 Å². The summed E-state index contributed by atoms with van der Waals surface area (Å²) in [6.07, 6.45) is 4.42. The summed E-state index contributed by atoms with van der Waals surface area (Å²) in [7, 11) is 1.74. The number of hydrogen-bond donors (Lipinski definition) is 2. The number of nitrogens with one attached hydrogen (secondary N) is 1. The van der Waals surface area contributed by atoms with Gasteiger partial charge in [0.15, 0.2) is 5.65 Å². The number of aliphatic hydroxyl groups is 1. The summed E-state index contributed by atoms with van der Waals surface area (Å²) in [5, 5.41) is 12.9. The highest BCUT2D eigenvalue weighted by molar-refractivity contribution is 5.73. The van der Waals surface area contributed by atoms with Gasteiger partial charge in [-0.15, -0.1) is 0 Å². The Kier molecular flexibility index (Phi) is 4.01. The third-order valence-electron chi connectivity index (χ3n) is 4.89. The van der Waals surface area contributed by atoms with E-state index in [9.17, 15) is 9.90 Å². The van der Waals surface area contributed by atoms with E-state index in [0.29, 0.717) is 24.4 Å². The first kappa shape index (κ1) is 15.8. The zero-order chi connectivity index (χ0) is 17.4. The molecule has 0 spiro atoms. The van der Waals surface area contributed by atoms with Crippen LogP contribution in [0.4, 0.5) is 11.6 Å². The minimum absolute atomic E-state index is 0.0686. The Bertz CT molecular complexity index is 939. The molecule has 0 bridgehead atoms. The molecule has 25 heavy (non-hydrogen) atoms. The number of aliphatic hydroxyl groups excluding tert-OH is 1. The van der Waals surface area contributed by atoms with Gasteiger partial charge in [-0.25, -0.2) is 9.78 Å². The third-order valence-corrected chi connectivity index (χ3v) is 4.89. The van der Waals surface area contributed by atoms with E-state index in [1.165, 1.54) is 0 Å². The predicted octanol–water partition coefficient (Wildman–Crippen LogP) is 2.35. The zero-order valence-electron chi connectivity index (χ0n) is 14.1. The topological polar surface area (TPSA) is 85.0 Å². The standard InChI is InChI=1S/C18H21N5O2/c1-22-15-11-19-17(20-12-5-3-2-4-6-12)21-16(15)23(18(22)25)13-7-9-14(24)10-8-13/h2-6,11,13-14,24H,7-10H2,1H3,(H,19,20,21). The Balaban J connectivity index is 1.75. The van der Waals surface area contributed by atoms with Crippen molar-refractivity contribution < 1.29 is 5.11 Å². The molecule has 0 unspecified atom stereocenters. The van der Waals surface area contributed by atoms with E-state index in [-0.39, 0.29) is 17.8 Å². The lowest BCUT2D eigenvalue weighted by Gasteiger charge is -2.26. The van der Waals surface area contributed by atoms with Gasteiger partial charge >= 0.3 is 5.69 Å². The summed E-state index contributed by atoms with van der Waals surface area (Å²) in [5.74, 6) is 0.467. The molecular formula is C18H21N5O2. The second-order valence-electron chi connectivity index (χ2n) is 6.57. The maximum atomic E-state index is 12.7. The van der Waals surface area contributed by atoms with Gasteiger partial charge in [0.25, 0.3) is 0 Å². The monoisotopic (exact) mass is 339 g/mol. The van der Waals surface area contributed by atoms with E-state index in [0.717, 1.165) is 24.0 Å². The van der Waals surface area contributed by atoms with Crippen molar-refractivity contribution in [2.45, 2.75) is 37.8 Å². The summed E-state index contributed by atoms with van der Waals surface area (Å²) < 4.78 is 3.35. The Morgan fingerprint density at radius 3 is 2.60 bits per heavy atom. The first-order chi connectivity index (χ1) is 12.1. The van der Waals surface area contributed by atoms with E-state index >= 15 is 0 Å². The molecule has 1 fully saturated rings. The van der Waals surface area contributed by atoms with Crippen molar-refractivity contribution in [2.75, 3.05) is 5.32 Å². The van der Waals surface area contributed by atoms with Crippen LogP contribution in [0.3, 0.4) is 0 Å². The van der Waals surface area contributed by atoms with E-state index in [4.69, 9.17) is 0 Å². The van der Waals surface area contributed by atoms with Gasteiger partial charge < -0.3 is 10.4 Å². The average molecular weight is 339 g/mol. The summed E-state index contributed by atoms with van der Waals surface area (Å²) in [6.45, 7) is 0. The normalized spacial score (nSPS) is 20.7. The van der Waals surface area contributed by atoms with Crippen LogP contribution in [0.25, 0.3) is 11.2 Å². The van der Waals surface area contributed by atoms with Crippen molar-refractivity contribution in [2.24, 2.45) is 7.05 Å². The molecule has 0 radical (unpaired) electrons. The molecule has 7 heteroatoms. The molecule has 7 nitrogen and oxygen atoms in total. The van der Waals surface area contributed by atoms with E-state index in [2.05, 4.69) is 15.3 Å². The maximum absolute atomic E-state index is 12.7. The van der Waals surface area contributed by atoms with Gasteiger partial charge in [-0.05, 0) is 37.8 Å². The summed E-state index contributed by atoms with van der Waals surface area (Å²) in [6, 6.07) is 9.77. The molecule has 0 atom stereocenters. The van der Waals surface area contributed by atoms with E-state index in [1.807, 2.05) is 30.3 Å². The van der Waals surface area contributed by atoms with Crippen LogP contribution in [0.2, 0.25) is 0 Å². The molecule has 4 rings (SSSR count). The van der Waals surface area contributed by atoms with Crippen LogP contribution < -0.4 is 11.0 Å². The summed E-state index contributed by atoms with van der Waals surface area (Å²) in [5.41, 5.74) is 2.17. The summed E-state index contributed by atoms with van der Waals surface area (Å²) in [4.78, 5) is 21.7. The molecule has 2 N–H and O–H groups in total. The fraction of sp³-hybridized carbons (Fsp3) is 0.389. The fourth-order valence-electron chi connectivity index (χ4n) is 3.49. The van der Waals surface area contributed by atoms with Gasteiger partial charge in [0.2, 0.25) is 5.95 Å². The van der Waals surface area contributed by atoms with Crippen molar-refractivity contribution in [3.63, 3.8) is 0 Å². The largest absolute Gasteiger partial charge is 0.393 e. The molecule has 1 aliphatic rings. The van der Waals surface area contributed by atoms with Gasteiger partial charge in [-0.2, -0.15) is 4.98 Å². The van der Waals surface area contributed by atoms with Gasteiger partial charge in [0.05, 0.1) is 12.3 Å². The number of imidazole rings is 1. The Morgan fingerprint density at radius 1 is 1.16 bits per heavy atom. The second kappa shape index (κ2) is 6.33. The van der Waals surface area contributed by atoms with Crippen LogP contribution in [0, 0.1) is 0 Å². The van der Waals surface area contributed by atoms with Gasteiger partial charge in [-0.3, -0.25) is 9.13 Å². The molecule has 1 aromatic carbocycles. The van der Waals surface area contributed by atoms with Crippen LogP contribution in [0.15, 0.2) is 41.3 Å². The first-order valence-electron chi connectivity index (χ1n) is 8.57. The number of benzene rings is 1. The number of fused-ring (bicyclic) bond motifs is 1. The molecule has 2 heterocycles. The molecule has 130 valence electrons. The highest BCUT2D eigenvalue weighted by atomic mass is 16.3. The average Bonchev–Trinajstić information content (AvgIpc) is 2.87. The maximum Gasteiger partial charge on any atom is 0.330 e. The second-order valence-corrected chi connectivity index (χ2v) is 6.57. The number of rotatable bonds is 3. The van der Waals surface area contributed by atoms with Crippen molar-refractivity contribution >= 4 is 22.8 Å². The molecule has 1 saturated carbocycles. The highest BCUT2D eigenvalue weighted by Gasteiger charge is 2.25. The van der Waals surface area contributed by atoms with Gasteiger partial charge in [0.1, 0.15) is 5.52 Å². The number of nitrogens with zero attached hydrogens (tertiary/aromatic N) is 4. The smallest absolute Gasteiger partial charge is 0.330 e. The lowest BCUT2D eigenvalue weighted by atomic mass is 9.93. The zero-order valence-corrected chi connectivity index (χ0v) is 14.1. The SMILES string of the molecule is Cn1c(=O)n(C2CCC(O)CC2)c2nc(Nc3ccccc3)ncc21. The first-order valence-corrected chi connectivity index (χ1v) is 8.57. The predicted molar refractivity (Wildman–Crippen MR) is 96.0 cm³/mol. The quantitative estimate of drug-likeness (QED) is 0.765. The van der Waals surface area contributed by atoms with Gasteiger partial charge in [-0.1, -0.05) is 18.2 Å². The lowest BCUT2D eigenvalue weighted by Crippen LogP contribution is -2.30. The van der Waals surface area contributed by atoms with Crippen molar-refractivity contribution in [3.8, 4) is 0 Å². The Morgan fingerprint density at radius 2 is 1.88 bits per heavy atom. The van der Waals surface area contributed by atoms with Crippen molar-refractivity contribution in [1.29, 1.82) is 0 Å². The van der Waals surface area contributed by atoms with Crippen molar-refractivity contribution in [3.05, 3.63) is 47.0 Å². The number of hydrogen-bond acceptors (Lipinski definition) is 5. The number of aromatic nitrogens is 4. The minimum Gasteiger partial charge on any atom is -0.393 e. The molecule has 0 saturated heterocycles. The van der Waals surface area contributed by atoms with Crippen LogP contribution in [0.5, 0.6) is 0 Å². The third kappa shape index (κ3) is 2.91. The molecule has 0 aliphatic heterocycles. The fourth-order valence-corrected chi connectivity index (χ4v) is 3.49. The van der Waals surface area contributed by atoms with Crippen molar-refractivity contribution in [1.82, 2.24) is 19.1 Å². The van der Waals surface area contributed by atoms with Crippen LogP contribution >= 0.6 is 0 Å².